The SMILES string of the molecule is CC(NC1CCOC1C)c1nnc2ccccn12. The van der Waals surface area contributed by atoms with Crippen LogP contribution in [0.5, 0.6) is 0 Å². The number of hydrogen-bond acceptors (Lipinski definition) is 4. The molecular weight excluding hydrogens is 228 g/mol. The van der Waals surface area contributed by atoms with Crippen LogP contribution >= 0.6 is 0 Å². The maximum Gasteiger partial charge on any atom is 0.160 e. The summed E-state index contributed by atoms with van der Waals surface area (Å²) in [4.78, 5) is 0. The highest BCUT2D eigenvalue weighted by atomic mass is 16.5. The third kappa shape index (κ3) is 2.00. The van der Waals surface area contributed by atoms with Gasteiger partial charge in [-0.15, -0.1) is 10.2 Å². The minimum absolute atomic E-state index is 0.163. The van der Waals surface area contributed by atoms with Gasteiger partial charge in [-0.05, 0) is 32.4 Å². The van der Waals surface area contributed by atoms with Crippen molar-refractivity contribution >= 4 is 5.65 Å². The molecule has 2 aromatic heterocycles. The molecule has 5 nitrogen and oxygen atoms in total. The molecule has 0 saturated carbocycles. The average molecular weight is 246 g/mol. The summed E-state index contributed by atoms with van der Waals surface area (Å²) in [7, 11) is 0. The second-order valence-electron chi connectivity index (χ2n) is 4.85. The third-order valence-electron chi connectivity index (χ3n) is 3.57. The lowest BCUT2D eigenvalue weighted by molar-refractivity contribution is 0.111. The van der Waals surface area contributed by atoms with E-state index in [4.69, 9.17) is 4.74 Å². The first-order valence-corrected chi connectivity index (χ1v) is 6.43. The lowest BCUT2D eigenvalue weighted by Gasteiger charge is -2.20. The third-order valence-corrected chi connectivity index (χ3v) is 3.57. The maximum absolute atomic E-state index is 5.57. The Balaban J connectivity index is 1.81. The molecule has 1 aliphatic heterocycles. The summed E-state index contributed by atoms with van der Waals surface area (Å²) in [6, 6.07) is 6.49. The molecule has 1 fully saturated rings. The zero-order valence-corrected chi connectivity index (χ0v) is 10.7. The van der Waals surface area contributed by atoms with Crippen molar-refractivity contribution < 1.29 is 4.74 Å². The molecule has 18 heavy (non-hydrogen) atoms. The van der Waals surface area contributed by atoms with Crippen LogP contribution < -0.4 is 5.32 Å². The summed E-state index contributed by atoms with van der Waals surface area (Å²) in [6.45, 7) is 5.07. The summed E-state index contributed by atoms with van der Waals surface area (Å²) >= 11 is 0. The highest BCUT2D eigenvalue weighted by Crippen LogP contribution is 2.18. The standard InChI is InChI=1S/C13H18N4O/c1-9(14-11-6-8-18-10(11)2)13-16-15-12-5-3-4-7-17(12)13/h3-5,7,9-11,14H,6,8H2,1-2H3. The predicted octanol–water partition coefficient (Wildman–Crippen LogP) is 1.56. The van der Waals surface area contributed by atoms with E-state index in [1.165, 1.54) is 0 Å². The molecule has 0 radical (unpaired) electrons. The van der Waals surface area contributed by atoms with Crippen molar-refractivity contribution in [2.75, 3.05) is 6.61 Å². The van der Waals surface area contributed by atoms with E-state index in [1.807, 2.05) is 28.8 Å². The summed E-state index contributed by atoms with van der Waals surface area (Å²) in [5, 5.41) is 12.0. The van der Waals surface area contributed by atoms with Crippen molar-refractivity contribution in [1.82, 2.24) is 19.9 Å². The van der Waals surface area contributed by atoms with Crippen molar-refractivity contribution in [2.45, 2.75) is 38.5 Å². The molecule has 1 N–H and O–H groups in total. The van der Waals surface area contributed by atoms with Crippen molar-refractivity contribution in [3.8, 4) is 0 Å². The van der Waals surface area contributed by atoms with Crippen LogP contribution in [0.4, 0.5) is 0 Å². The van der Waals surface area contributed by atoms with Gasteiger partial charge in [0.2, 0.25) is 0 Å². The number of hydrogen-bond donors (Lipinski definition) is 1. The topological polar surface area (TPSA) is 51.5 Å². The Morgan fingerprint density at radius 1 is 1.44 bits per heavy atom. The highest BCUT2D eigenvalue weighted by Gasteiger charge is 2.26. The lowest BCUT2D eigenvalue weighted by atomic mass is 10.1. The van der Waals surface area contributed by atoms with Crippen molar-refractivity contribution in [3.63, 3.8) is 0 Å². The first-order chi connectivity index (χ1) is 8.75. The molecule has 96 valence electrons. The Kier molecular flexibility index (Phi) is 3.01. The van der Waals surface area contributed by atoms with Crippen LogP contribution in [0.1, 0.15) is 32.1 Å². The van der Waals surface area contributed by atoms with Gasteiger partial charge in [0.25, 0.3) is 0 Å². The fourth-order valence-corrected chi connectivity index (χ4v) is 2.50. The van der Waals surface area contributed by atoms with Crippen molar-refractivity contribution in [2.24, 2.45) is 0 Å². The van der Waals surface area contributed by atoms with Crippen LogP contribution in [0.15, 0.2) is 24.4 Å². The molecule has 3 heterocycles. The molecule has 0 aliphatic carbocycles. The number of fused-ring (bicyclic) bond motifs is 1. The van der Waals surface area contributed by atoms with Crippen LogP contribution in [0.2, 0.25) is 0 Å². The van der Waals surface area contributed by atoms with Gasteiger partial charge in [0.05, 0.1) is 12.1 Å². The van der Waals surface area contributed by atoms with Crippen LogP contribution in [0.3, 0.4) is 0 Å². The summed E-state index contributed by atoms with van der Waals surface area (Å²) < 4.78 is 7.59. The molecule has 0 aromatic carbocycles. The molecule has 0 spiro atoms. The number of ether oxygens (including phenoxy) is 1. The normalized spacial score (nSPS) is 25.7. The highest BCUT2D eigenvalue weighted by molar-refractivity contribution is 5.37. The van der Waals surface area contributed by atoms with Gasteiger partial charge in [0.15, 0.2) is 11.5 Å². The molecule has 3 atom stereocenters. The van der Waals surface area contributed by atoms with E-state index in [1.54, 1.807) is 0 Å². The van der Waals surface area contributed by atoms with Gasteiger partial charge in [-0.25, -0.2) is 0 Å². The van der Waals surface area contributed by atoms with Gasteiger partial charge in [-0.3, -0.25) is 4.40 Å². The molecule has 1 aliphatic rings. The Hall–Kier alpha value is -1.46. The van der Waals surface area contributed by atoms with Gasteiger partial charge in [-0.1, -0.05) is 6.07 Å². The first kappa shape index (κ1) is 11.6. The quantitative estimate of drug-likeness (QED) is 0.893. The molecule has 0 amide bonds. The summed E-state index contributed by atoms with van der Waals surface area (Å²) in [6.07, 6.45) is 3.33. The Morgan fingerprint density at radius 3 is 3.11 bits per heavy atom. The van der Waals surface area contributed by atoms with Crippen LogP contribution in [-0.2, 0) is 4.74 Å². The monoisotopic (exact) mass is 246 g/mol. The molecule has 2 aromatic rings. The molecule has 0 bridgehead atoms. The molecule has 3 rings (SSSR count). The number of nitrogens with zero attached hydrogens (tertiary/aromatic N) is 3. The van der Waals surface area contributed by atoms with E-state index >= 15 is 0 Å². The number of aromatic nitrogens is 3. The number of nitrogens with one attached hydrogen (secondary N) is 1. The molecule has 3 unspecified atom stereocenters. The Labute approximate surface area is 106 Å². The zero-order chi connectivity index (χ0) is 12.5. The summed E-state index contributed by atoms with van der Waals surface area (Å²) in [5.41, 5.74) is 0.886. The Bertz CT molecular complexity index is 539. The van der Waals surface area contributed by atoms with Gasteiger partial charge >= 0.3 is 0 Å². The minimum Gasteiger partial charge on any atom is -0.377 e. The molecular formula is C13H18N4O. The second kappa shape index (κ2) is 4.66. The lowest BCUT2D eigenvalue weighted by Crippen LogP contribution is -2.37. The molecule has 5 heteroatoms. The fraction of sp³-hybridized carbons (Fsp3) is 0.538. The fourth-order valence-electron chi connectivity index (χ4n) is 2.50. The zero-order valence-electron chi connectivity index (χ0n) is 10.7. The predicted molar refractivity (Wildman–Crippen MR) is 68.4 cm³/mol. The van der Waals surface area contributed by atoms with Gasteiger partial charge in [0, 0.05) is 18.8 Å². The first-order valence-electron chi connectivity index (χ1n) is 6.43. The van der Waals surface area contributed by atoms with E-state index in [0.717, 1.165) is 24.5 Å². The Morgan fingerprint density at radius 2 is 2.33 bits per heavy atom. The van der Waals surface area contributed by atoms with E-state index in [9.17, 15) is 0 Å². The summed E-state index contributed by atoms with van der Waals surface area (Å²) in [5.74, 6) is 0.949. The number of rotatable bonds is 3. The maximum atomic E-state index is 5.57. The second-order valence-corrected chi connectivity index (χ2v) is 4.85. The average Bonchev–Trinajstić information content (AvgIpc) is 2.96. The van der Waals surface area contributed by atoms with E-state index in [-0.39, 0.29) is 12.1 Å². The van der Waals surface area contributed by atoms with E-state index < -0.39 is 0 Å². The largest absolute Gasteiger partial charge is 0.377 e. The van der Waals surface area contributed by atoms with Crippen molar-refractivity contribution in [3.05, 3.63) is 30.2 Å². The van der Waals surface area contributed by atoms with Crippen LogP contribution in [0, 0.1) is 0 Å². The van der Waals surface area contributed by atoms with Gasteiger partial charge < -0.3 is 10.1 Å². The van der Waals surface area contributed by atoms with Gasteiger partial charge in [-0.2, -0.15) is 0 Å². The molecule has 1 saturated heterocycles. The van der Waals surface area contributed by atoms with E-state index in [2.05, 4.69) is 29.4 Å². The smallest absolute Gasteiger partial charge is 0.160 e. The van der Waals surface area contributed by atoms with Crippen LogP contribution in [0.25, 0.3) is 5.65 Å². The van der Waals surface area contributed by atoms with E-state index in [0.29, 0.717) is 6.04 Å². The van der Waals surface area contributed by atoms with Crippen molar-refractivity contribution in [1.29, 1.82) is 0 Å². The minimum atomic E-state index is 0.163. The number of pyridine rings is 1. The van der Waals surface area contributed by atoms with Crippen LogP contribution in [-0.4, -0.2) is 33.4 Å². The van der Waals surface area contributed by atoms with Gasteiger partial charge in [0.1, 0.15) is 0 Å².